The van der Waals surface area contributed by atoms with Crippen molar-refractivity contribution in [2.75, 3.05) is 19.8 Å². The molecule has 0 aromatic heterocycles. The second-order valence-corrected chi connectivity index (χ2v) is 10.2. The highest BCUT2D eigenvalue weighted by atomic mass is 28.4. The SMILES string of the molecule is CCO[Si](CCC([SiH3])NC(C)CC(C)C)(OCC)OCC. The monoisotopic (exact) mass is 335 g/mol. The lowest BCUT2D eigenvalue weighted by atomic mass is 10.1. The fourth-order valence-electron chi connectivity index (χ4n) is 2.74. The van der Waals surface area contributed by atoms with E-state index >= 15 is 0 Å². The molecule has 128 valence electrons. The maximum atomic E-state index is 5.91. The molecular formula is C15H37NO3Si2. The average molecular weight is 336 g/mol. The summed E-state index contributed by atoms with van der Waals surface area (Å²) in [6, 6.07) is 1.49. The minimum atomic E-state index is -2.46. The van der Waals surface area contributed by atoms with E-state index in [1.54, 1.807) is 0 Å². The van der Waals surface area contributed by atoms with E-state index in [2.05, 4.69) is 26.1 Å². The first kappa shape index (κ1) is 21.3. The maximum absolute atomic E-state index is 5.91. The van der Waals surface area contributed by atoms with Crippen molar-refractivity contribution in [1.29, 1.82) is 0 Å². The van der Waals surface area contributed by atoms with Crippen LogP contribution in [0.25, 0.3) is 0 Å². The fraction of sp³-hybridized carbons (Fsp3) is 1.00. The van der Waals surface area contributed by atoms with Gasteiger partial charge < -0.3 is 18.6 Å². The van der Waals surface area contributed by atoms with Crippen LogP contribution in [-0.4, -0.2) is 50.6 Å². The van der Waals surface area contributed by atoms with E-state index in [1.807, 2.05) is 20.8 Å². The quantitative estimate of drug-likeness (QED) is 0.524. The fourth-order valence-corrected chi connectivity index (χ4v) is 6.96. The molecule has 6 heteroatoms. The van der Waals surface area contributed by atoms with E-state index in [4.69, 9.17) is 13.3 Å². The van der Waals surface area contributed by atoms with Gasteiger partial charge in [0, 0.05) is 42.1 Å². The largest absolute Gasteiger partial charge is 0.500 e. The highest BCUT2D eigenvalue weighted by Crippen LogP contribution is 2.19. The predicted molar refractivity (Wildman–Crippen MR) is 95.8 cm³/mol. The highest BCUT2D eigenvalue weighted by molar-refractivity contribution is 6.60. The van der Waals surface area contributed by atoms with Gasteiger partial charge in [0.2, 0.25) is 0 Å². The molecule has 4 nitrogen and oxygen atoms in total. The Morgan fingerprint density at radius 3 is 1.81 bits per heavy atom. The second kappa shape index (κ2) is 11.8. The Morgan fingerprint density at radius 2 is 1.43 bits per heavy atom. The van der Waals surface area contributed by atoms with E-state index < -0.39 is 8.80 Å². The molecule has 0 spiro atoms. The molecule has 0 amide bonds. The molecule has 0 aliphatic rings. The summed E-state index contributed by atoms with van der Waals surface area (Å²) in [5, 5.41) is 3.73. The lowest BCUT2D eigenvalue weighted by molar-refractivity contribution is 0.0705. The molecule has 21 heavy (non-hydrogen) atoms. The van der Waals surface area contributed by atoms with E-state index in [1.165, 1.54) is 6.42 Å². The van der Waals surface area contributed by atoms with Crippen LogP contribution in [0, 0.1) is 5.92 Å². The number of nitrogens with one attached hydrogen (secondary N) is 1. The number of rotatable bonds is 13. The molecule has 0 aromatic rings. The molecule has 0 fully saturated rings. The molecule has 0 aliphatic heterocycles. The molecule has 0 aliphatic carbocycles. The minimum absolute atomic E-state index is 0.579. The summed E-state index contributed by atoms with van der Waals surface area (Å²) in [7, 11) is -1.32. The lowest BCUT2D eigenvalue weighted by Crippen LogP contribution is -2.48. The third-order valence-electron chi connectivity index (χ3n) is 3.37. The summed E-state index contributed by atoms with van der Waals surface area (Å²) in [5.74, 6) is 0.741. The Morgan fingerprint density at radius 1 is 0.952 bits per heavy atom. The van der Waals surface area contributed by atoms with Crippen molar-refractivity contribution in [1.82, 2.24) is 5.32 Å². The normalized spacial score (nSPS) is 15.6. The molecule has 2 atom stereocenters. The van der Waals surface area contributed by atoms with Gasteiger partial charge in [0.15, 0.2) is 0 Å². The third-order valence-corrected chi connectivity index (χ3v) is 7.37. The van der Waals surface area contributed by atoms with Crippen molar-refractivity contribution < 1.29 is 13.3 Å². The second-order valence-electron chi connectivity index (χ2n) is 6.12. The summed E-state index contributed by atoms with van der Waals surface area (Å²) in [4.78, 5) is 0. The van der Waals surface area contributed by atoms with Gasteiger partial charge in [-0.3, -0.25) is 0 Å². The van der Waals surface area contributed by atoms with Gasteiger partial charge in [-0.15, -0.1) is 0 Å². The van der Waals surface area contributed by atoms with Crippen molar-refractivity contribution in [2.24, 2.45) is 5.92 Å². The number of hydrogen-bond donors (Lipinski definition) is 1. The summed E-state index contributed by atoms with van der Waals surface area (Å²) >= 11 is 0. The molecule has 0 bridgehead atoms. The first-order valence-corrected chi connectivity index (χ1v) is 11.7. The zero-order valence-corrected chi connectivity index (χ0v) is 18.2. The van der Waals surface area contributed by atoms with Crippen LogP contribution in [0.3, 0.4) is 0 Å². The van der Waals surface area contributed by atoms with E-state index in [0.29, 0.717) is 31.5 Å². The first-order chi connectivity index (χ1) is 9.89. The van der Waals surface area contributed by atoms with Gasteiger partial charge in [-0.2, -0.15) is 0 Å². The summed E-state index contributed by atoms with van der Waals surface area (Å²) < 4.78 is 17.7. The molecule has 0 saturated heterocycles. The van der Waals surface area contributed by atoms with Crippen LogP contribution in [0.15, 0.2) is 0 Å². The maximum Gasteiger partial charge on any atom is 0.500 e. The van der Waals surface area contributed by atoms with Crippen molar-refractivity contribution >= 4 is 19.0 Å². The van der Waals surface area contributed by atoms with Crippen LogP contribution in [0.4, 0.5) is 0 Å². The van der Waals surface area contributed by atoms with E-state index in [9.17, 15) is 0 Å². The summed E-state index contributed by atoms with van der Waals surface area (Å²) in [5.41, 5.74) is 0.590. The summed E-state index contributed by atoms with van der Waals surface area (Å²) in [6.07, 6.45) is 2.31. The Balaban J connectivity index is 4.37. The highest BCUT2D eigenvalue weighted by Gasteiger charge is 2.40. The van der Waals surface area contributed by atoms with Crippen molar-refractivity contribution in [3.63, 3.8) is 0 Å². The topological polar surface area (TPSA) is 39.7 Å². The molecule has 2 unspecified atom stereocenters. The van der Waals surface area contributed by atoms with Crippen molar-refractivity contribution in [3.05, 3.63) is 0 Å². The van der Waals surface area contributed by atoms with Gasteiger partial charge in [-0.25, -0.2) is 0 Å². The predicted octanol–water partition coefficient (Wildman–Crippen LogP) is 2.14. The number of hydrogen-bond acceptors (Lipinski definition) is 4. The third kappa shape index (κ3) is 9.81. The van der Waals surface area contributed by atoms with Crippen LogP contribution in [0.5, 0.6) is 0 Å². The first-order valence-electron chi connectivity index (χ1n) is 8.56. The van der Waals surface area contributed by atoms with Crippen LogP contribution in [-0.2, 0) is 13.3 Å². The van der Waals surface area contributed by atoms with Gasteiger partial charge in [-0.05, 0) is 52.1 Å². The van der Waals surface area contributed by atoms with E-state index in [-0.39, 0.29) is 0 Å². The van der Waals surface area contributed by atoms with Gasteiger partial charge >= 0.3 is 8.80 Å². The van der Waals surface area contributed by atoms with Gasteiger partial charge in [-0.1, -0.05) is 13.8 Å². The zero-order chi connectivity index (χ0) is 16.3. The Labute approximate surface area is 136 Å². The average Bonchev–Trinajstić information content (AvgIpc) is 2.36. The van der Waals surface area contributed by atoms with Crippen molar-refractivity contribution in [2.45, 2.75) is 72.1 Å². The standard InChI is InChI=1S/C15H37NO3Si2/c1-7-17-21(18-8-2,19-9-3)11-10-15(20)16-14(6)12-13(4)5/h13-16H,7-12H2,1-6,20H3. The Hall–Kier alpha value is 0.274. The lowest BCUT2D eigenvalue weighted by Gasteiger charge is -2.30. The molecule has 0 rings (SSSR count). The van der Waals surface area contributed by atoms with Gasteiger partial charge in [0.05, 0.1) is 0 Å². The smallest absolute Gasteiger partial charge is 0.374 e. The van der Waals surface area contributed by atoms with Crippen LogP contribution in [0.1, 0.15) is 54.4 Å². The Bertz CT molecular complexity index is 238. The molecular weight excluding hydrogens is 298 g/mol. The molecule has 0 radical (unpaired) electrons. The molecule has 0 heterocycles. The van der Waals surface area contributed by atoms with Crippen LogP contribution >= 0.6 is 0 Å². The van der Waals surface area contributed by atoms with E-state index in [0.717, 1.165) is 28.6 Å². The Kier molecular flexibility index (Phi) is 11.9. The van der Waals surface area contributed by atoms with Crippen molar-refractivity contribution in [3.8, 4) is 0 Å². The summed E-state index contributed by atoms with van der Waals surface area (Å²) in [6.45, 7) is 14.9. The zero-order valence-electron chi connectivity index (χ0n) is 15.2. The van der Waals surface area contributed by atoms with Gasteiger partial charge in [0.1, 0.15) is 0 Å². The molecule has 0 aromatic carbocycles. The molecule has 0 saturated carbocycles. The molecule has 1 N–H and O–H groups in total. The van der Waals surface area contributed by atoms with Crippen LogP contribution < -0.4 is 5.32 Å². The van der Waals surface area contributed by atoms with Crippen LogP contribution in [0.2, 0.25) is 6.04 Å². The minimum Gasteiger partial charge on any atom is -0.374 e. The van der Waals surface area contributed by atoms with Gasteiger partial charge in [0.25, 0.3) is 0 Å².